The van der Waals surface area contributed by atoms with Gasteiger partial charge in [-0.15, -0.1) is 0 Å². The van der Waals surface area contributed by atoms with E-state index in [1.165, 1.54) is 25.1 Å². The SMILES string of the molecule is CC(=O)Nc1ccc(C2=N/C(=C/c3ccc(-c4ccc(Cl)c(C(=O)O)c4)o3)C(=O)O2)cc1. The van der Waals surface area contributed by atoms with Crippen molar-refractivity contribution in [3.8, 4) is 11.3 Å². The Hall–Kier alpha value is -4.17. The van der Waals surface area contributed by atoms with Crippen molar-refractivity contribution in [2.24, 2.45) is 4.99 Å². The average molecular weight is 451 g/mol. The largest absolute Gasteiger partial charge is 0.478 e. The van der Waals surface area contributed by atoms with Gasteiger partial charge in [-0.05, 0) is 54.6 Å². The molecule has 1 aliphatic rings. The number of aromatic carboxylic acids is 1. The molecule has 1 aromatic heterocycles. The Balaban J connectivity index is 1.57. The van der Waals surface area contributed by atoms with Crippen molar-refractivity contribution in [1.82, 2.24) is 0 Å². The Morgan fingerprint density at radius 3 is 2.47 bits per heavy atom. The van der Waals surface area contributed by atoms with Gasteiger partial charge < -0.3 is 19.6 Å². The molecular formula is C23H15ClN2O6. The number of nitrogens with zero attached hydrogens (tertiary/aromatic N) is 1. The van der Waals surface area contributed by atoms with Crippen LogP contribution in [0.4, 0.5) is 5.69 Å². The van der Waals surface area contributed by atoms with Crippen LogP contribution in [-0.2, 0) is 14.3 Å². The lowest BCUT2D eigenvalue weighted by Gasteiger charge is -2.03. The zero-order chi connectivity index (χ0) is 22.8. The second-order valence-corrected chi connectivity index (χ2v) is 7.20. The summed E-state index contributed by atoms with van der Waals surface area (Å²) in [5.41, 5.74) is 1.71. The van der Waals surface area contributed by atoms with E-state index in [9.17, 15) is 19.5 Å². The summed E-state index contributed by atoms with van der Waals surface area (Å²) in [4.78, 5) is 38.8. The first-order valence-corrected chi connectivity index (χ1v) is 9.71. The van der Waals surface area contributed by atoms with Crippen molar-refractivity contribution in [3.05, 3.63) is 82.2 Å². The number of rotatable bonds is 5. The van der Waals surface area contributed by atoms with Crippen LogP contribution in [0, 0.1) is 0 Å². The number of carboxylic acid groups (broad SMARTS) is 1. The molecule has 0 radical (unpaired) electrons. The number of esters is 1. The molecule has 8 nitrogen and oxygen atoms in total. The summed E-state index contributed by atoms with van der Waals surface area (Å²) in [7, 11) is 0. The van der Waals surface area contributed by atoms with Crippen LogP contribution in [0.2, 0.25) is 5.02 Å². The van der Waals surface area contributed by atoms with Crippen LogP contribution in [0.1, 0.15) is 28.6 Å². The first-order chi connectivity index (χ1) is 15.3. The van der Waals surface area contributed by atoms with Gasteiger partial charge in [0.2, 0.25) is 11.8 Å². The zero-order valence-corrected chi connectivity index (χ0v) is 17.3. The fourth-order valence-electron chi connectivity index (χ4n) is 2.99. The molecule has 0 aliphatic carbocycles. The number of halogens is 1. The van der Waals surface area contributed by atoms with Gasteiger partial charge in [-0.2, -0.15) is 0 Å². The second-order valence-electron chi connectivity index (χ2n) is 6.80. The van der Waals surface area contributed by atoms with E-state index in [1.807, 2.05) is 0 Å². The van der Waals surface area contributed by atoms with Crippen LogP contribution in [0.3, 0.4) is 0 Å². The normalized spacial score (nSPS) is 14.2. The van der Waals surface area contributed by atoms with E-state index >= 15 is 0 Å². The van der Waals surface area contributed by atoms with Crippen molar-refractivity contribution in [3.63, 3.8) is 0 Å². The third kappa shape index (κ3) is 4.45. The Morgan fingerprint density at radius 1 is 1.06 bits per heavy atom. The quantitative estimate of drug-likeness (QED) is 0.433. The van der Waals surface area contributed by atoms with Gasteiger partial charge in [-0.3, -0.25) is 4.79 Å². The fourth-order valence-corrected chi connectivity index (χ4v) is 3.19. The molecule has 3 aromatic rings. The van der Waals surface area contributed by atoms with E-state index in [0.29, 0.717) is 28.3 Å². The fraction of sp³-hybridized carbons (Fsp3) is 0.0435. The number of carboxylic acids is 1. The van der Waals surface area contributed by atoms with Gasteiger partial charge in [0.05, 0.1) is 10.6 Å². The highest BCUT2D eigenvalue weighted by molar-refractivity contribution is 6.33. The molecule has 2 heterocycles. The van der Waals surface area contributed by atoms with Crippen LogP contribution in [0.5, 0.6) is 0 Å². The van der Waals surface area contributed by atoms with Gasteiger partial charge in [0.25, 0.3) is 0 Å². The minimum absolute atomic E-state index is 0.0430. The van der Waals surface area contributed by atoms with Crippen molar-refractivity contribution >= 4 is 47.1 Å². The van der Waals surface area contributed by atoms with Crippen LogP contribution < -0.4 is 5.32 Å². The molecule has 2 aromatic carbocycles. The highest BCUT2D eigenvalue weighted by Crippen LogP contribution is 2.28. The topological polar surface area (TPSA) is 118 Å². The molecule has 0 bridgehead atoms. The lowest BCUT2D eigenvalue weighted by molar-refractivity contribution is -0.130. The highest BCUT2D eigenvalue weighted by Gasteiger charge is 2.24. The van der Waals surface area contributed by atoms with Crippen LogP contribution in [0.15, 0.2) is 69.7 Å². The molecule has 0 unspecified atom stereocenters. The smallest absolute Gasteiger partial charge is 0.363 e. The molecule has 0 saturated heterocycles. The predicted molar refractivity (Wildman–Crippen MR) is 117 cm³/mol. The number of anilines is 1. The van der Waals surface area contributed by atoms with Crippen molar-refractivity contribution in [1.29, 1.82) is 0 Å². The van der Waals surface area contributed by atoms with E-state index in [4.69, 9.17) is 20.8 Å². The zero-order valence-electron chi connectivity index (χ0n) is 16.6. The minimum atomic E-state index is -1.15. The van der Waals surface area contributed by atoms with Gasteiger partial charge in [-0.1, -0.05) is 11.6 Å². The summed E-state index contributed by atoms with van der Waals surface area (Å²) < 4.78 is 11.0. The molecule has 1 amide bonds. The van der Waals surface area contributed by atoms with Crippen molar-refractivity contribution in [2.45, 2.75) is 6.92 Å². The standard InChI is InChI=1S/C23H15ClN2O6/c1-12(27)25-15-5-2-13(3-6-15)21-26-19(23(30)32-21)11-16-7-9-20(31-16)14-4-8-18(24)17(10-14)22(28)29/h2-11H,1H3,(H,25,27)(H,28,29)/b19-11+. The van der Waals surface area contributed by atoms with Gasteiger partial charge in [0.1, 0.15) is 11.5 Å². The number of cyclic esters (lactones) is 1. The Morgan fingerprint density at radius 2 is 1.78 bits per heavy atom. The molecule has 0 spiro atoms. The highest BCUT2D eigenvalue weighted by atomic mass is 35.5. The number of nitrogens with one attached hydrogen (secondary N) is 1. The molecule has 0 fully saturated rings. The molecule has 4 rings (SSSR count). The summed E-state index contributed by atoms with van der Waals surface area (Å²) in [6.45, 7) is 1.41. The average Bonchev–Trinajstić information content (AvgIpc) is 3.35. The monoisotopic (exact) mass is 450 g/mol. The van der Waals surface area contributed by atoms with E-state index in [2.05, 4.69) is 10.3 Å². The summed E-state index contributed by atoms with van der Waals surface area (Å²) in [6, 6.07) is 14.5. The number of carbonyl (C=O) groups is 3. The van der Waals surface area contributed by atoms with E-state index in [0.717, 1.165) is 0 Å². The lowest BCUT2D eigenvalue weighted by Crippen LogP contribution is -2.07. The number of hydrogen-bond donors (Lipinski definition) is 2. The summed E-state index contributed by atoms with van der Waals surface area (Å²) in [5.74, 6) is -1.10. The molecule has 1 aliphatic heterocycles. The first kappa shape index (κ1) is 21.1. The van der Waals surface area contributed by atoms with Gasteiger partial charge in [-0.25, -0.2) is 14.6 Å². The third-order valence-corrected chi connectivity index (χ3v) is 4.79. The maximum absolute atomic E-state index is 12.2. The van der Waals surface area contributed by atoms with Crippen LogP contribution >= 0.6 is 11.6 Å². The first-order valence-electron chi connectivity index (χ1n) is 9.34. The molecule has 0 atom stereocenters. The van der Waals surface area contributed by atoms with E-state index < -0.39 is 11.9 Å². The van der Waals surface area contributed by atoms with Crippen LogP contribution in [-0.4, -0.2) is 28.9 Å². The van der Waals surface area contributed by atoms with Gasteiger partial charge >= 0.3 is 11.9 Å². The number of amides is 1. The summed E-state index contributed by atoms with van der Waals surface area (Å²) >= 11 is 5.90. The summed E-state index contributed by atoms with van der Waals surface area (Å²) in [6.07, 6.45) is 1.43. The second kappa shape index (κ2) is 8.52. The number of furan rings is 1. The molecule has 0 saturated carbocycles. The Bertz CT molecular complexity index is 1300. The molecular weight excluding hydrogens is 436 g/mol. The lowest BCUT2D eigenvalue weighted by atomic mass is 10.1. The number of benzene rings is 2. The molecule has 160 valence electrons. The van der Waals surface area contributed by atoms with Crippen molar-refractivity contribution < 1.29 is 28.6 Å². The maximum Gasteiger partial charge on any atom is 0.363 e. The molecule has 32 heavy (non-hydrogen) atoms. The van der Waals surface area contributed by atoms with Gasteiger partial charge in [0.15, 0.2) is 5.70 Å². The molecule has 2 N–H and O–H groups in total. The van der Waals surface area contributed by atoms with E-state index in [1.54, 1.807) is 42.5 Å². The number of carbonyl (C=O) groups excluding carboxylic acids is 2. The van der Waals surface area contributed by atoms with Crippen molar-refractivity contribution in [2.75, 3.05) is 5.32 Å². The number of ether oxygens (including phenoxy) is 1. The minimum Gasteiger partial charge on any atom is -0.478 e. The maximum atomic E-state index is 12.2. The third-order valence-electron chi connectivity index (χ3n) is 4.46. The predicted octanol–water partition coefficient (Wildman–Crippen LogP) is 4.60. The van der Waals surface area contributed by atoms with E-state index in [-0.39, 0.29) is 28.1 Å². The number of aliphatic imine (C=N–C) groups is 1. The summed E-state index contributed by atoms with van der Waals surface area (Å²) in [5, 5.41) is 12.0. The number of hydrogen-bond acceptors (Lipinski definition) is 6. The Labute approximate surface area is 186 Å². The van der Waals surface area contributed by atoms with Gasteiger partial charge in [0, 0.05) is 29.8 Å². The Kier molecular flexibility index (Phi) is 5.61. The molecule has 9 heteroatoms. The van der Waals surface area contributed by atoms with Crippen LogP contribution in [0.25, 0.3) is 17.4 Å².